The van der Waals surface area contributed by atoms with Gasteiger partial charge in [0.05, 0.1) is 6.54 Å². The molecule has 6 heteroatoms. The summed E-state index contributed by atoms with van der Waals surface area (Å²) in [4.78, 5) is 17.8. The van der Waals surface area contributed by atoms with E-state index in [1.165, 1.54) is 11.1 Å². The first-order chi connectivity index (χ1) is 14.4. The highest BCUT2D eigenvalue weighted by Crippen LogP contribution is 2.22. The Morgan fingerprint density at radius 2 is 1.70 bits per heavy atom. The second-order valence-corrected chi connectivity index (χ2v) is 8.32. The first kappa shape index (κ1) is 20.6. The van der Waals surface area contributed by atoms with Gasteiger partial charge in [0.1, 0.15) is 5.76 Å². The number of hydrogen-bond acceptors (Lipinski definition) is 5. The van der Waals surface area contributed by atoms with Crippen LogP contribution in [0, 0.1) is 27.7 Å². The van der Waals surface area contributed by atoms with Gasteiger partial charge < -0.3 is 4.52 Å². The molecular formula is C24H30N4O2. The van der Waals surface area contributed by atoms with Crippen LogP contribution in [0.3, 0.4) is 0 Å². The molecule has 0 atom stereocenters. The van der Waals surface area contributed by atoms with Gasteiger partial charge in [-0.3, -0.25) is 19.2 Å². The van der Waals surface area contributed by atoms with Crippen LogP contribution in [0.25, 0.3) is 5.82 Å². The Morgan fingerprint density at radius 1 is 1.00 bits per heavy atom. The quantitative estimate of drug-likeness (QED) is 0.584. The van der Waals surface area contributed by atoms with E-state index in [4.69, 9.17) is 4.52 Å². The molecule has 1 aliphatic rings. The molecule has 3 heterocycles. The molecule has 4 rings (SSSR count). The number of hydrogen-bond donors (Lipinski definition) is 0. The minimum Gasteiger partial charge on any atom is -0.360 e. The van der Waals surface area contributed by atoms with Crippen molar-refractivity contribution in [2.75, 3.05) is 32.7 Å². The number of aromatic nitrogens is 2. The van der Waals surface area contributed by atoms with Gasteiger partial charge in [-0.05, 0) is 44.9 Å². The first-order valence-electron chi connectivity index (χ1n) is 10.6. The third-order valence-electron chi connectivity index (χ3n) is 6.06. The van der Waals surface area contributed by atoms with Gasteiger partial charge in [-0.25, -0.2) is 0 Å². The average molecular weight is 407 g/mol. The second-order valence-electron chi connectivity index (χ2n) is 8.32. The van der Waals surface area contributed by atoms with E-state index in [-0.39, 0.29) is 5.78 Å². The monoisotopic (exact) mass is 406 g/mol. The minimum absolute atomic E-state index is 0.168. The summed E-state index contributed by atoms with van der Waals surface area (Å²) in [5.41, 5.74) is 5.41. The van der Waals surface area contributed by atoms with Gasteiger partial charge in [0.25, 0.3) is 0 Å². The summed E-state index contributed by atoms with van der Waals surface area (Å²) in [6.07, 6.45) is 0. The summed E-state index contributed by atoms with van der Waals surface area (Å²) in [6, 6.07) is 12.4. The first-order valence-corrected chi connectivity index (χ1v) is 10.6. The Morgan fingerprint density at radius 3 is 2.37 bits per heavy atom. The lowest BCUT2D eigenvalue weighted by Crippen LogP contribution is -2.47. The van der Waals surface area contributed by atoms with Crippen molar-refractivity contribution >= 4 is 5.78 Å². The Hall–Kier alpha value is -2.70. The van der Waals surface area contributed by atoms with Gasteiger partial charge in [-0.1, -0.05) is 29.4 Å². The summed E-state index contributed by atoms with van der Waals surface area (Å²) < 4.78 is 7.20. The molecule has 0 unspecified atom stereocenters. The van der Waals surface area contributed by atoms with Crippen LogP contribution in [0.15, 0.2) is 40.9 Å². The van der Waals surface area contributed by atoms with Crippen LogP contribution >= 0.6 is 0 Å². The molecule has 30 heavy (non-hydrogen) atoms. The number of nitrogens with zero attached hydrogens (tertiary/aromatic N) is 4. The smallest absolute Gasteiger partial charge is 0.180 e. The van der Waals surface area contributed by atoms with E-state index in [2.05, 4.69) is 46.1 Å². The second kappa shape index (κ2) is 8.58. The SMILES string of the molecule is Cc1cc(-n2c(C)cc(C(=O)CN3CCN(Cc4ccccc4C)CC3)c2C)no1. The van der Waals surface area contributed by atoms with Crippen molar-refractivity contribution in [3.05, 3.63) is 70.2 Å². The molecule has 6 nitrogen and oxygen atoms in total. The van der Waals surface area contributed by atoms with Gasteiger partial charge in [-0.2, -0.15) is 0 Å². The molecule has 1 aromatic carbocycles. The third-order valence-corrected chi connectivity index (χ3v) is 6.06. The van der Waals surface area contributed by atoms with E-state index in [0.717, 1.165) is 61.3 Å². The largest absolute Gasteiger partial charge is 0.360 e. The summed E-state index contributed by atoms with van der Waals surface area (Å²) in [5, 5.41) is 4.11. The fourth-order valence-corrected chi connectivity index (χ4v) is 4.28. The normalized spacial score (nSPS) is 15.6. The fraction of sp³-hybridized carbons (Fsp3) is 0.417. The molecule has 0 aliphatic carbocycles. The van der Waals surface area contributed by atoms with Crippen LogP contribution in [0.5, 0.6) is 0 Å². The molecule has 1 saturated heterocycles. The molecule has 158 valence electrons. The third kappa shape index (κ3) is 4.25. The maximum absolute atomic E-state index is 13.0. The van der Waals surface area contributed by atoms with Crippen LogP contribution in [0.4, 0.5) is 0 Å². The van der Waals surface area contributed by atoms with E-state index >= 15 is 0 Å². The molecule has 0 radical (unpaired) electrons. The minimum atomic E-state index is 0.168. The average Bonchev–Trinajstić information content (AvgIpc) is 3.27. The molecule has 0 spiro atoms. The van der Waals surface area contributed by atoms with Crippen LogP contribution in [-0.4, -0.2) is 58.0 Å². The number of benzene rings is 1. The van der Waals surface area contributed by atoms with Crippen molar-refractivity contribution in [1.82, 2.24) is 19.5 Å². The van der Waals surface area contributed by atoms with E-state index in [1.54, 1.807) is 0 Å². The number of ketones is 1. The molecule has 2 aromatic heterocycles. The van der Waals surface area contributed by atoms with Gasteiger partial charge in [-0.15, -0.1) is 0 Å². The Bertz CT molecular complexity index is 1040. The summed E-state index contributed by atoms with van der Waals surface area (Å²) in [5.74, 6) is 1.65. The number of Topliss-reactive ketones (excluding diaryl/α,β-unsaturated/α-hetero) is 1. The zero-order valence-electron chi connectivity index (χ0n) is 18.3. The summed E-state index contributed by atoms with van der Waals surface area (Å²) >= 11 is 0. The predicted octanol–water partition coefficient (Wildman–Crippen LogP) is 3.70. The zero-order valence-corrected chi connectivity index (χ0v) is 18.3. The molecule has 1 aliphatic heterocycles. The predicted molar refractivity (Wildman–Crippen MR) is 117 cm³/mol. The Labute approximate surface area is 178 Å². The number of carbonyl (C=O) groups excluding carboxylic acids is 1. The van der Waals surface area contributed by atoms with Crippen molar-refractivity contribution in [3.8, 4) is 5.82 Å². The van der Waals surface area contributed by atoms with Crippen molar-refractivity contribution in [2.24, 2.45) is 0 Å². The topological polar surface area (TPSA) is 54.5 Å². The molecule has 0 N–H and O–H groups in total. The Kier molecular flexibility index (Phi) is 5.88. The van der Waals surface area contributed by atoms with Gasteiger partial charge in [0.15, 0.2) is 11.6 Å². The lowest BCUT2D eigenvalue weighted by atomic mass is 10.1. The van der Waals surface area contributed by atoms with Crippen LogP contribution in [0.2, 0.25) is 0 Å². The van der Waals surface area contributed by atoms with Crippen molar-refractivity contribution in [3.63, 3.8) is 0 Å². The van der Waals surface area contributed by atoms with E-state index < -0.39 is 0 Å². The number of aryl methyl sites for hydroxylation is 3. The van der Waals surface area contributed by atoms with Gasteiger partial charge in [0, 0.05) is 55.7 Å². The highest BCUT2D eigenvalue weighted by atomic mass is 16.5. The van der Waals surface area contributed by atoms with Gasteiger partial charge >= 0.3 is 0 Å². The maximum atomic E-state index is 13.0. The number of rotatable bonds is 6. The van der Waals surface area contributed by atoms with Crippen molar-refractivity contribution < 1.29 is 9.32 Å². The van der Waals surface area contributed by atoms with E-state index in [1.807, 2.05) is 37.5 Å². The molecular weight excluding hydrogens is 376 g/mol. The van der Waals surface area contributed by atoms with Crippen LogP contribution < -0.4 is 0 Å². The highest BCUT2D eigenvalue weighted by molar-refractivity contribution is 5.99. The maximum Gasteiger partial charge on any atom is 0.180 e. The van der Waals surface area contributed by atoms with Gasteiger partial charge in [0.2, 0.25) is 0 Å². The number of carbonyl (C=O) groups is 1. The van der Waals surface area contributed by atoms with Crippen LogP contribution in [0.1, 0.15) is 38.6 Å². The highest BCUT2D eigenvalue weighted by Gasteiger charge is 2.23. The van der Waals surface area contributed by atoms with Crippen LogP contribution in [-0.2, 0) is 6.54 Å². The molecule has 1 fully saturated rings. The summed E-state index contributed by atoms with van der Waals surface area (Å²) in [6.45, 7) is 13.3. The number of piperazine rings is 1. The van der Waals surface area contributed by atoms with Crippen molar-refractivity contribution in [2.45, 2.75) is 34.2 Å². The summed E-state index contributed by atoms with van der Waals surface area (Å²) in [7, 11) is 0. The van der Waals surface area contributed by atoms with Crippen molar-refractivity contribution in [1.29, 1.82) is 0 Å². The standard InChI is InChI=1S/C24H30N4O2/c1-17-7-5-6-8-21(17)15-26-9-11-27(12-10-26)16-23(29)22-13-18(2)28(20(22)4)24-14-19(3)30-25-24/h5-8,13-14H,9-12,15-16H2,1-4H3. The molecule has 0 bridgehead atoms. The molecule has 0 amide bonds. The molecule has 3 aromatic rings. The zero-order chi connectivity index (χ0) is 21.3. The molecule has 0 saturated carbocycles. The lowest BCUT2D eigenvalue weighted by molar-refractivity contribution is 0.0843. The van der Waals surface area contributed by atoms with E-state index in [0.29, 0.717) is 6.54 Å². The lowest BCUT2D eigenvalue weighted by Gasteiger charge is -2.34. The van der Waals surface area contributed by atoms with E-state index in [9.17, 15) is 4.79 Å². The Balaban J connectivity index is 1.37. The fourth-order valence-electron chi connectivity index (χ4n) is 4.28.